The van der Waals surface area contributed by atoms with E-state index in [1.807, 2.05) is 25.1 Å². The maximum Gasteiger partial charge on any atom is 1.00 e. The molecule has 0 N–H and O–H groups in total. The Bertz CT molecular complexity index is 150. The molecule has 0 aliphatic heterocycles. The van der Waals surface area contributed by atoms with Crippen molar-refractivity contribution in [2.75, 3.05) is 0 Å². The Kier molecular flexibility index (Phi) is 8.41. The van der Waals surface area contributed by atoms with Crippen LogP contribution in [0.15, 0.2) is 23.1 Å². The van der Waals surface area contributed by atoms with Gasteiger partial charge in [0.05, 0.1) is 0 Å². The summed E-state index contributed by atoms with van der Waals surface area (Å²) >= 11 is 4.82. The minimum Gasteiger partial charge on any atom is -0.806 e. The van der Waals surface area contributed by atoms with Crippen LogP contribution in [0.1, 0.15) is 5.56 Å². The molecule has 0 heterocycles. The smallest absolute Gasteiger partial charge is 0.806 e. The summed E-state index contributed by atoms with van der Waals surface area (Å²) < 4.78 is 0. The second kappa shape index (κ2) is 6.35. The summed E-state index contributed by atoms with van der Waals surface area (Å²) in [5, 5.41) is 0. The first-order valence-corrected chi connectivity index (χ1v) is 2.85. The first-order chi connectivity index (χ1) is 3.79. The number of benzene rings is 1. The minimum absolute atomic E-state index is 0. The topological polar surface area (TPSA) is 0 Å². The number of hydrogen-bond acceptors (Lipinski definition) is 1. The van der Waals surface area contributed by atoms with Gasteiger partial charge in [0.25, 0.3) is 0 Å². The summed E-state index contributed by atoms with van der Waals surface area (Å²) in [7, 11) is 0. The van der Waals surface area contributed by atoms with Crippen LogP contribution in [-0.4, -0.2) is 0 Å². The van der Waals surface area contributed by atoms with E-state index >= 15 is 0 Å². The maximum atomic E-state index is 4.82. The van der Waals surface area contributed by atoms with Gasteiger partial charge in [0, 0.05) is 0 Å². The SMILES string of the molecule is Cc1c[c-]c([S-])cc1.[Li+].[Li+]. The molecule has 1 rings (SSSR count). The molecule has 42 valence electrons. The van der Waals surface area contributed by atoms with Crippen molar-refractivity contribution in [3.8, 4) is 0 Å². The molecule has 10 heavy (non-hydrogen) atoms. The zero-order valence-electron chi connectivity index (χ0n) is 6.64. The third-order valence-corrected chi connectivity index (χ3v) is 1.19. The molecule has 0 nitrogen and oxygen atoms in total. The van der Waals surface area contributed by atoms with Gasteiger partial charge in [-0.1, -0.05) is 6.92 Å². The van der Waals surface area contributed by atoms with E-state index in [0.717, 1.165) is 4.90 Å². The fourth-order valence-electron chi connectivity index (χ4n) is 0.488. The standard InChI is InChI=1S/C7H7S.2Li/c1-6-2-4-7(8)5-3-6;;/h2-4,8H,1H3;;/q-1;2*+1/p-1. The van der Waals surface area contributed by atoms with Gasteiger partial charge in [-0.3, -0.25) is 4.90 Å². The zero-order valence-corrected chi connectivity index (χ0v) is 7.46. The molecule has 0 bridgehead atoms. The number of rotatable bonds is 0. The third kappa shape index (κ3) is 4.45. The molecular formula is C7H6Li2S. The molecule has 0 aliphatic carbocycles. The van der Waals surface area contributed by atoms with E-state index in [-0.39, 0.29) is 37.7 Å². The molecular weight excluding hydrogens is 130 g/mol. The molecule has 0 aliphatic rings. The van der Waals surface area contributed by atoms with Crippen molar-refractivity contribution in [2.45, 2.75) is 11.8 Å². The fourth-order valence-corrected chi connectivity index (χ4v) is 0.615. The monoisotopic (exact) mass is 136 g/mol. The van der Waals surface area contributed by atoms with Gasteiger partial charge in [-0.2, -0.15) is 23.8 Å². The first-order valence-electron chi connectivity index (χ1n) is 2.44. The second-order valence-corrected chi connectivity index (χ2v) is 2.17. The van der Waals surface area contributed by atoms with E-state index in [4.69, 9.17) is 12.6 Å². The number of hydrogen-bond donors (Lipinski definition) is 0. The summed E-state index contributed by atoms with van der Waals surface area (Å²) in [5.41, 5.74) is 1.21. The second-order valence-electron chi connectivity index (χ2n) is 1.73. The van der Waals surface area contributed by atoms with E-state index in [0.29, 0.717) is 0 Å². The van der Waals surface area contributed by atoms with Crippen LogP contribution in [-0.2, 0) is 12.6 Å². The van der Waals surface area contributed by atoms with Gasteiger partial charge < -0.3 is 12.6 Å². The van der Waals surface area contributed by atoms with E-state index in [1.54, 1.807) is 0 Å². The van der Waals surface area contributed by atoms with E-state index in [9.17, 15) is 0 Å². The summed E-state index contributed by atoms with van der Waals surface area (Å²) in [4.78, 5) is 0.788. The Balaban J connectivity index is 0. The van der Waals surface area contributed by atoms with Gasteiger partial charge in [-0.25, -0.2) is 6.07 Å². The van der Waals surface area contributed by atoms with Crippen molar-refractivity contribution in [3.63, 3.8) is 0 Å². The fraction of sp³-hybridized carbons (Fsp3) is 0.143. The first kappa shape index (κ1) is 13.2. The van der Waals surface area contributed by atoms with Crippen LogP contribution in [0.4, 0.5) is 0 Å². The van der Waals surface area contributed by atoms with Crippen LogP contribution in [0.2, 0.25) is 0 Å². The Morgan fingerprint density at radius 3 is 2.20 bits per heavy atom. The Morgan fingerprint density at radius 2 is 1.90 bits per heavy atom. The van der Waals surface area contributed by atoms with E-state index in [1.165, 1.54) is 5.56 Å². The molecule has 0 spiro atoms. The molecule has 0 atom stereocenters. The van der Waals surface area contributed by atoms with Crippen LogP contribution < -0.4 is 37.7 Å². The molecule has 0 fully saturated rings. The van der Waals surface area contributed by atoms with Gasteiger partial charge in [-0.15, -0.1) is 0 Å². The molecule has 0 unspecified atom stereocenters. The molecule has 1 aromatic rings. The number of aryl methyl sites for hydroxylation is 1. The van der Waals surface area contributed by atoms with Crippen LogP contribution in [0.25, 0.3) is 0 Å². The quantitative estimate of drug-likeness (QED) is 0.197. The van der Waals surface area contributed by atoms with Gasteiger partial charge in [0.15, 0.2) is 0 Å². The van der Waals surface area contributed by atoms with Crippen molar-refractivity contribution >= 4 is 12.6 Å². The average molecular weight is 136 g/mol. The Labute approximate surface area is 91.5 Å². The zero-order chi connectivity index (χ0) is 5.98. The van der Waals surface area contributed by atoms with Crippen molar-refractivity contribution < 1.29 is 37.7 Å². The van der Waals surface area contributed by atoms with Crippen LogP contribution in [0.5, 0.6) is 0 Å². The van der Waals surface area contributed by atoms with Gasteiger partial charge in [0.2, 0.25) is 0 Å². The maximum absolute atomic E-state index is 4.82. The average Bonchev–Trinajstić information content (AvgIpc) is 1.77. The van der Waals surface area contributed by atoms with E-state index < -0.39 is 0 Å². The Morgan fingerprint density at radius 1 is 1.30 bits per heavy atom. The van der Waals surface area contributed by atoms with Crippen LogP contribution >= 0.6 is 0 Å². The van der Waals surface area contributed by atoms with Crippen LogP contribution in [0.3, 0.4) is 0 Å². The van der Waals surface area contributed by atoms with E-state index in [2.05, 4.69) is 6.07 Å². The van der Waals surface area contributed by atoms with Crippen LogP contribution in [0, 0.1) is 13.0 Å². The van der Waals surface area contributed by atoms with Crippen molar-refractivity contribution in [2.24, 2.45) is 0 Å². The largest absolute Gasteiger partial charge is 1.00 e. The predicted octanol–water partition coefficient (Wildman–Crippen LogP) is -4.29. The van der Waals surface area contributed by atoms with Crippen molar-refractivity contribution in [1.29, 1.82) is 0 Å². The molecule has 1 aromatic carbocycles. The molecule has 0 radical (unpaired) electrons. The molecule has 0 aromatic heterocycles. The molecule has 0 saturated heterocycles. The summed E-state index contributed by atoms with van der Waals surface area (Å²) in [6.45, 7) is 2.02. The summed E-state index contributed by atoms with van der Waals surface area (Å²) in [6.07, 6.45) is 0. The molecule has 0 saturated carbocycles. The normalized spacial score (nSPS) is 7.30. The van der Waals surface area contributed by atoms with Crippen molar-refractivity contribution in [1.82, 2.24) is 0 Å². The third-order valence-electron chi connectivity index (χ3n) is 0.940. The van der Waals surface area contributed by atoms with Gasteiger partial charge in [-0.05, 0) is 0 Å². The predicted molar refractivity (Wildman–Crippen MR) is 35.6 cm³/mol. The van der Waals surface area contributed by atoms with Crippen molar-refractivity contribution in [3.05, 3.63) is 29.8 Å². The summed E-state index contributed by atoms with van der Waals surface area (Å²) in [5.74, 6) is 0. The Hall–Kier alpha value is 0.635. The summed E-state index contributed by atoms with van der Waals surface area (Å²) in [6, 6.07) is 8.67. The van der Waals surface area contributed by atoms with Gasteiger partial charge >= 0.3 is 37.7 Å². The minimum atomic E-state index is 0. The molecule has 0 amide bonds. The van der Waals surface area contributed by atoms with Gasteiger partial charge in [0.1, 0.15) is 0 Å². The molecule has 3 heteroatoms.